The largest absolute Gasteiger partial charge is 0.368 e. The molecule has 1 atom stereocenters. The normalized spacial score (nSPS) is 20.1. The van der Waals surface area contributed by atoms with Gasteiger partial charge in [-0.2, -0.15) is 0 Å². The van der Waals surface area contributed by atoms with Gasteiger partial charge in [-0.3, -0.25) is 9.78 Å². The van der Waals surface area contributed by atoms with E-state index in [1.165, 1.54) is 16.8 Å². The molecule has 1 aliphatic carbocycles. The highest BCUT2D eigenvalue weighted by Crippen LogP contribution is 2.35. The standard InChI is InChI=1S/C20H23N3O/c24-20(15-17-6-5-16-3-1-2-4-19(16)17)23-13-11-22(12-14-23)18-7-9-21-10-8-18/h1-4,7-10,17H,5-6,11-15H2/t17-/m0/s1. The van der Waals surface area contributed by atoms with E-state index in [4.69, 9.17) is 0 Å². The number of aromatic nitrogens is 1. The number of fused-ring (bicyclic) bond motifs is 1. The predicted molar refractivity (Wildman–Crippen MR) is 95.2 cm³/mol. The van der Waals surface area contributed by atoms with Crippen molar-refractivity contribution in [3.05, 3.63) is 59.9 Å². The molecular weight excluding hydrogens is 298 g/mol. The molecule has 4 heteroatoms. The molecule has 0 spiro atoms. The van der Waals surface area contributed by atoms with Gasteiger partial charge in [0, 0.05) is 50.7 Å². The lowest BCUT2D eigenvalue weighted by molar-refractivity contribution is -0.131. The molecule has 4 rings (SSSR count). The maximum Gasteiger partial charge on any atom is 0.223 e. The van der Waals surface area contributed by atoms with E-state index in [9.17, 15) is 4.79 Å². The summed E-state index contributed by atoms with van der Waals surface area (Å²) in [5.41, 5.74) is 4.01. The van der Waals surface area contributed by atoms with Crippen molar-refractivity contribution in [3.63, 3.8) is 0 Å². The second kappa shape index (κ2) is 6.63. The fourth-order valence-corrected chi connectivity index (χ4v) is 3.97. The Hall–Kier alpha value is -2.36. The van der Waals surface area contributed by atoms with Crippen LogP contribution in [0.25, 0.3) is 0 Å². The summed E-state index contributed by atoms with van der Waals surface area (Å²) in [4.78, 5) is 21.1. The molecule has 1 aliphatic heterocycles. The van der Waals surface area contributed by atoms with Gasteiger partial charge in [-0.15, -0.1) is 0 Å². The number of benzene rings is 1. The van der Waals surface area contributed by atoms with Crippen molar-refractivity contribution in [1.82, 2.24) is 9.88 Å². The molecule has 124 valence electrons. The van der Waals surface area contributed by atoms with Crippen LogP contribution in [0.4, 0.5) is 5.69 Å². The van der Waals surface area contributed by atoms with E-state index in [1.807, 2.05) is 29.4 Å². The lowest BCUT2D eigenvalue weighted by atomic mass is 9.97. The number of anilines is 1. The van der Waals surface area contributed by atoms with Crippen LogP contribution in [0.15, 0.2) is 48.8 Å². The van der Waals surface area contributed by atoms with Gasteiger partial charge < -0.3 is 9.80 Å². The highest BCUT2D eigenvalue weighted by molar-refractivity contribution is 5.77. The number of nitrogens with zero attached hydrogens (tertiary/aromatic N) is 3. The van der Waals surface area contributed by atoms with Gasteiger partial charge >= 0.3 is 0 Å². The summed E-state index contributed by atoms with van der Waals surface area (Å²) in [7, 11) is 0. The first-order valence-electron chi connectivity index (χ1n) is 8.82. The van der Waals surface area contributed by atoms with Gasteiger partial charge in [0.1, 0.15) is 0 Å². The first-order chi connectivity index (χ1) is 11.8. The highest BCUT2D eigenvalue weighted by Gasteiger charge is 2.28. The van der Waals surface area contributed by atoms with E-state index in [0.29, 0.717) is 18.2 Å². The van der Waals surface area contributed by atoms with Crippen LogP contribution in [0, 0.1) is 0 Å². The molecule has 2 heterocycles. The van der Waals surface area contributed by atoms with Crippen LogP contribution in [0.3, 0.4) is 0 Å². The van der Waals surface area contributed by atoms with E-state index in [0.717, 1.165) is 39.0 Å². The van der Waals surface area contributed by atoms with E-state index < -0.39 is 0 Å². The molecule has 24 heavy (non-hydrogen) atoms. The average Bonchev–Trinajstić information content (AvgIpc) is 3.06. The number of hydrogen-bond donors (Lipinski definition) is 0. The zero-order valence-electron chi connectivity index (χ0n) is 13.9. The molecule has 1 amide bonds. The minimum atomic E-state index is 0.311. The molecule has 2 aliphatic rings. The summed E-state index contributed by atoms with van der Waals surface area (Å²) in [5, 5.41) is 0. The van der Waals surface area contributed by atoms with Gasteiger partial charge in [0.2, 0.25) is 5.91 Å². The van der Waals surface area contributed by atoms with Gasteiger partial charge in [-0.1, -0.05) is 24.3 Å². The number of pyridine rings is 1. The number of amides is 1. The lowest BCUT2D eigenvalue weighted by Crippen LogP contribution is -2.49. The maximum atomic E-state index is 12.7. The molecule has 0 radical (unpaired) electrons. The Labute approximate surface area is 143 Å². The molecule has 1 aromatic heterocycles. The molecule has 4 nitrogen and oxygen atoms in total. The Morgan fingerprint density at radius 2 is 1.79 bits per heavy atom. The molecule has 0 unspecified atom stereocenters. The first kappa shape index (κ1) is 15.2. The monoisotopic (exact) mass is 321 g/mol. The number of carbonyl (C=O) groups excluding carboxylic acids is 1. The number of rotatable bonds is 3. The number of aryl methyl sites for hydroxylation is 1. The third-order valence-corrected chi connectivity index (χ3v) is 5.34. The van der Waals surface area contributed by atoms with Crippen LogP contribution in [-0.2, 0) is 11.2 Å². The molecule has 1 fully saturated rings. The maximum absolute atomic E-state index is 12.7. The summed E-state index contributed by atoms with van der Waals surface area (Å²) in [6.45, 7) is 3.43. The molecule has 0 N–H and O–H groups in total. The molecule has 1 aromatic carbocycles. The molecule has 2 aromatic rings. The SMILES string of the molecule is O=C(C[C@@H]1CCc2ccccc21)N1CCN(c2ccncc2)CC1. The van der Waals surface area contributed by atoms with Crippen LogP contribution in [0.2, 0.25) is 0 Å². The summed E-state index contributed by atoms with van der Waals surface area (Å²) >= 11 is 0. The molecular formula is C20H23N3O. The van der Waals surface area contributed by atoms with Crippen molar-refractivity contribution >= 4 is 11.6 Å². The van der Waals surface area contributed by atoms with Gasteiger partial charge in [-0.05, 0) is 42.0 Å². The second-order valence-electron chi connectivity index (χ2n) is 6.71. The van der Waals surface area contributed by atoms with Gasteiger partial charge in [0.05, 0.1) is 0 Å². The summed E-state index contributed by atoms with van der Waals surface area (Å²) in [5.74, 6) is 0.720. The van der Waals surface area contributed by atoms with Crippen molar-refractivity contribution < 1.29 is 4.79 Å². The molecule has 0 bridgehead atoms. The number of hydrogen-bond acceptors (Lipinski definition) is 3. The highest BCUT2D eigenvalue weighted by atomic mass is 16.2. The van der Waals surface area contributed by atoms with Crippen LogP contribution in [0.5, 0.6) is 0 Å². The summed E-state index contributed by atoms with van der Waals surface area (Å²) in [6, 6.07) is 12.7. The quantitative estimate of drug-likeness (QED) is 0.872. The fourth-order valence-electron chi connectivity index (χ4n) is 3.97. The van der Waals surface area contributed by atoms with E-state index in [-0.39, 0.29) is 0 Å². The van der Waals surface area contributed by atoms with Crippen molar-refractivity contribution in [1.29, 1.82) is 0 Å². The van der Waals surface area contributed by atoms with E-state index in [2.05, 4.69) is 34.1 Å². The topological polar surface area (TPSA) is 36.4 Å². The lowest BCUT2D eigenvalue weighted by Gasteiger charge is -2.36. The van der Waals surface area contributed by atoms with Gasteiger partial charge in [0.15, 0.2) is 0 Å². The van der Waals surface area contributed by atoms with E-state index >= 15 is 0 Å². The van der Waals surface area contributed by atoms with E-state index in [1.54, 1.807) is 0 Å². The van der Waals surface area contributed by atoms with Crippen LogP contribution >= 0.6 is 0 Å². The first-order valence-corrected chi connectivity index (χ1v) is 8.82. The Morgan fingerprint density at radius 1 is 1.04 bits per heavy atom. The zero-order chi connectivity index (χ0) is 16.4. The zero-order valence-corrected chi connectivity index (χ0v) is 13.9. The van der Waals surface area contributed by atoms with Crippen LogP contribution < -0.4 is 4.90 Å². The van der Waals surface area contributed by atoms with Crippen molar-refractivity contribution in [2.75, 3.05) is 31.1 Å². The third-order valence-electron chi connectivity index (χ3n) is 5.34. The number of piperazine rings is 1. The minimum absolute atomic E-state index is 0.311. The van der Waals surface area contributed by atoms with Crippen molar-refractivity contribution in [2.45, 2.75) is 25.2 Å². The Bertz CT molecular complexity index is 708. The van der Waals surface area contributed by atoms with Crippen LogP contribution in [0.1, 0.15) is 29.9 Å². The average molecular weight is 321 g/mol. The van der Waals surface area contributed by atoms with Crippen molar-refractivity contribution in [3.8, 4) is 0 Å². The fraction of sp³-hybridized carbons (Fsp3) is 0.400. The van der Waals surface area contributed by atoms with Gasteiger partial charge in [-0.25, -0.2) is 0 Å². The Balaban J connectivity index is 1.34. The molecule has 0 saturated carbocycles. The molecule has 1 saturated heterocycles. The third kappa shape index (κ3) is 3.01. The number of carbonyl (C=O) groups is 1. The second-order valence-corrected chi connectivity index (χ2v) is 6.71. The van der Waals surface area contributed by atoms with Gasteiger partial charge in [0.25, 0.3) is 0 Å². The summed E-state index contributed by atoms with van der Waals surface area (Å²) < 4.78 is 0. The van der Waals surface area contributed by atoms with Crippen molar-refractivity contribution in [2.24, 2.45) is 0 Å². The minimum Gasteiger partial charge on any atom is -0.368 e. The predicted octanol–water partition coefficient (Wildman–Crippen LogP) is 2.85. The summed E-state index contributed by atoms with van der Waals surface area (Å²) in [6.07, 6.45) is 6.53. The smallest absolute Gasteiger partial charge is 0.223 e. The Kier molecular flexibility index (Phi) is 4.20. The van der Waals surface area contributed by atoms with Crippen LogP contribution in [-0.4, -0.2) is 42.0 Å². The Morgan fingerprint density at radius 3 is 2.58 bits per heavy atom.